The number of anilines is 1. The van der Waals surface area contributed by atoms with Crippen molar-refractivity contribution in [3.63, 3.8) is 0 Å². The van der Waals surface area contributed by atoms with Crippen molar-refractivity contribution in [3.05, 3.63) is 35.7 Å². The average Bonchev–Trinajstić information content (AvgIpc) is 2.55. The van der Waals surface area contributed by atoms with E-state index in [0.717, 1.165) is 10.7 Å². The smallest absolute Gasteiger partial charge is 0.159 e. The number of rotatable bonds is 2. The van der Waals surface area contributed by atoms with Crippen molar-refractivity contribution in [2.75, 3.05) is 24.2 Å². The number of hydrogen-bond donors (Lipinski definition) is 0. The molecule has 0 bridgehead atoms. The fraction of sp³-hybridized carbons (Fsp3) is 0.412. The topological polar surface area (TPSA) is 29.0 Å². The van der Waals surface area contributed by atoms with Crippen LogP contribution in [0.2, 0.25) is 0 Å². The molecule has 0 N–H and O–H groups in total. The highest BCUT2D eigenvalue weighted by atomic mass is 32.2. The lowest BCUT2D eigenvalue weighted by Gasteiger charge is -2.37. The Morgan fingerprint density at radius 2 is 1.62 bits per heavy atom. The van der Waals surface area contributed by atoms with Crippen LogP contribution in [0.1, 0.15) is 24.0 Å². The van der Waals surface area contributed by atoms with Crippen molar-refractivity contribution in [2.45, 2.75) is 30.6 Å². The summed E-state index contributed by atoms with van der Waals surface area (Å²) in [7, 11) is 0. The predicted molar refractivity (Wildman–Crippen MR) is 88.1 cm³/mol. The second-order valence-electron chi connectivity index (χ2n) is 5.78. The summed E-state index contributed by atoms with van der Waals surface area (Å²) in [6.45, 7) is 2.44. The van der Waals surface area contributed by atoms with Gasteiger partial charge in [-0.1, -0.05) is 0 Å². The summed E-state index contributed by atoms with van der Waals surface area (Å²) in [5.74, 6) is 0.856. The number of nitrogens with zero attached hydrogens (tertiary/aromatic N) is 3. The Morgan fingerprint density at radius 3 is 2.19 bits per heavy atom. The molecule has 0 atom stereocenters. The maximum atomic E-state index is 4.54. The van der Waals surface area contributed by atoms with Crippen LogP contribution in [0.25, 0.3) is 11.4 Å². The molecule has 1 aromatic heterocycles. The second-order valence-corrected chi connectivity index (χ2v) is 6.66. The van der Waals surface area contributed by atoms with Gasteiger partial charge < -0.3 is 4.90 Å². The van der Waals surface area contributed by atoms with Crippen molar-refractivity contribution >= 4 is 17.4 Å². The van der Waals surface area contributed by atoms with Gasteiger partial charge in [0.2, 0.25) is 0 Å². The summed E-state index contributed by atoms with van der Waals surface area (Å²) >= 11 is 1.68. The zero-order valence-electron chi connectivity index (χ0n) is 12.3. The van der Waals surface area contributed by atoms with Gasteiger partial charge in [0.15, 0.2) is 5.82 Å². The zero-order chi connectivity index (χ0) is 14.2. The van der Waals surface area contributed by atoms with Crippen molar-refractivity contribution in [2.24, 2.45) is 0 Å². The second kappa shape index (κ2) is 5.34. The van der Waals surface area contributed by atoms with Crippen LogP contribution in [0.3, 0.4) is 0 Å². The molecule has 0 amide bonds. The molecule has 2 aliphatic heterocycles. The Bertz CT molecular complexity index is 635. The highest BCUT2D eigenvalue weighted by Gasteiger charge is 2.24. The van der Waals surface area contributed by atoms with E-state index in [0.29, 0.717) is 0 Å². The standard InChI is InChI=1S/C17H19N3S/c1-21-15-10-18-17(19-11-15)14-8-12-4-2-6-20-7-3-5-13(9-14)16(12)20/h8-11H,2-7H2,1H3. The largest absolute Gasteiger partial charge is 0.371 e. The lowest BCUT2D eigenvalue weighted by atomic mass is 9.90. The molecule has 0 radical (unpaired) electrons. The first-order valence-corrected chi connectivity index (χ1v) is 8.85. The van der Waals surface area contributed by atoms with E-state index in [1.807, 2.05) is 12.4 Å². The van der Waals surface area contributed by atoms with Gasteiger partial charge in [-0.25, -0.2) is 9.97 Å². The molecule has 0 unspecified atom stereocenters. The fourth-order valence-corrected chi connectivity index (χ4v) is 3.82. The molecule has 21 heavy (non-hydrogen) atoms. The Kier molecular flexibility index (Phi) is 3.34. The van der Waals surface area contributed by atoms with E-state index in [1.165, 1.54) is 61.2 Å². The van der Waals surface area contributed by atoms with E-state index in [9.17, 15) is 0 Å². The minimum Gasteiger partial charge on any atom is -0.371 e. The molecular formula is C17H19N3S. The van der Waals surface area contributed by atoms with Crippen LogP contribution in [0, 0.1) is 0 Å². The molecule has 2 aliphatic rings. The minimum atomic E-state index is 0.856. The maximum absolute atomic E-state index is 4.54. The van der Waals surface area contributed by atoms with Gasteiger partial charge in [0.05, 0.1) is 0 Å². The van der Waals surface area contributed by atoms with Gasteiger partial charge in [0.1, 0.15) is 0 Å². The summed E-state index contributed by atoms with van der Waals surface area (Å²) in [5.41, 5.74) is 5.68. The van der Waals surface area contributed by atoms with E-state index < -0.39 is 0 Å². The first-order chi connectivity index (χ1) is 10.3. The van der Waals surface area contributed by atoms with Crippen LogP contribution in [0.15, 0.2) is 29.4 Å². The summed E-state index contributed by atoms with van der Waals surface area (Å²) in [6, 6.07) is 4.62. The molecule has 108 valence electrons. The number of aromatic nitrogens is 2. The molecule has 3 nitrogen and oxygen atoms in total. The quantitative estimate of drug-likeness (QED) is 0.793. The summed E-state index contributed by atoms with van der Waals surface area (Å²) in [6.07, 6.45) is 10.8. The van der Waals surface area contributed by atoms with Gasteiger partial charge in [0.25, 0.3) is 0 Å². The van der Waals surface area contributed by atoms with Crippen molar-refractivity contribution in [1.82, 2.24) is 9.97 Å². The fourth-order valence-electron chi connectivity index (χ4n) is 3.50. The highest BCUT2D eigenvalue weighted by molar-refractivity contribution is 7.98. The third-order valence-electron chi connectivity index (χ3n) is 4.45. The first kappa shape index (κ1) is 13.1. The molecule has 0 saturated heterocycles. The first-order valence-electron chi connectivity index (χ1n) is 7.62. The average molecular weight is 297 g/mol. The minimum absolute atomic E-state index is 0.856. The summed E-state index contributed by atoms with van der Waals surface area (Å²) in [5, 5.41) is 0. The van der Waals surface area contributed by atoms with Crippen LogP contribution >= 0.6 is 11.8 Å². The third-order valence-corrected chi connectivity index (χ3v) is 5.14. The Labute approximate surface area is 129 Å². The molecule has 4 rings (SSSR count). The SMILES string of the molecule is CSc1cnc(-c2cc3c4c(c2)CCCN4CCC3)nc1. The van der Waals surface area contributed by atoms with Crippen LogP contribution in [-0.4, -0.2) is 29.3 Å². The van der Waals surface area contributed by atoms with Gasteiger partial charge in [-0.05, 0) is 55.2 Å². The van der Waals surface area contributed by atoms with Crippen LogP contribution < -0.4 is 4.90 Å². The Balaban J connectivity index is 1.79. The number of thioether (sulfide) groups is 1. The van der Waals surface area contributed by atoms with E-state index >= 15 is 0 Å². The number of benzene rings is 1. The van der Waals surface area contributed by atoms with E-state index in [1.54, 1.807) is 11.8 Å². The van der Waals surface area contributed by atoms with Crippen molar-refractivity contribution in [3.8, 4) is 11.4 Å². The summed E-state index contributed by atoms with van der Waals surface area (Å²) in [4.78, 5) is 12.8. The van der Waals surface area contributed by atoms with Gasteiger partial charge in [0, 0.05) is 41.6 Å². The molecule has 0 saturated carbocycles. The van der Waals surface area contributed by atoms with E-state index in [2.05, 4.69) is 33.3 Å². The number of hydrogen-bond acceptors (Lipinski definition) is 4. The summed E-state index contributed by atoms with van der Waals surface area (Å²) < 4.78 is 0. The molecule has 0 aliphatic carbocycles. The molecule has 4 heteroatoms. The maximum Gasteiger partial charge on any atom is 0.159 e. The molecule has 2 aromatic rings. The Hall–Kier alpha value is -1.55. The monoisotopic (exact) mass is 297 g/mol. The Morgan fingerprint density at radius 1 is 1.00 bits per heavy atom. The van der Waals surface area contributed by atoms with E-state index in [-0.39, 0.29) is 0 Å². The van der Waals surface area contributed by atoms with E-state index in [4.69, 9.17) is 0 Å². The molecule has 3 heterocycles. The number of aryl methyl sites for hydroxylation is 2. The van der Waals surface area contributed by atoms with Crippen molar-refractivity contribution < 1.29 is 0 Å². The third kappa shape index (κ3) is 2.31. The molecular weight excluding hydrogens is 278 g/mol. The van der Waals surface area contributed by atoms with Gasteiger partial charge in [-0.15, -0.1) is 11.8 Å². The lowest BCUT2D eigenvalue weighted by molar-refractivity contribution is 0.634. The van der Waals surface area contributed by atoms with Gasteiger partial charge in [-0.3, -0.25) is 0 Å². The molecule has 1 aromatic carbocycles. The van der Waals surface area contributed by atoms with Crippen molar-refractivity contribution in [1.29, 1.82) is 0 Å². The zero-order valence-corrected chi connectivity index (χ0v) is 13.1. The van der Waals surface area contributed by atoms with Crippen LogP contribution in [0.5, 0.6) is 0 Å². The van der Waals surface area contributed by atoms with Crippen LogP contribution in [0.4, 0.5) is 5.69 Å². The van der Waals surface area contributed by atoms with Gasteiger partial charge in [-0.2, -0.15) is 0 Å². The molecule has 0 spiro atoms. The normalized spacial score (nSPS) is 16.7. The predicted octanol–water partition coefficient (Wildman–Crippen LogP) is 3.56. The molecule has 0 fully saturated rings. The van der Waals surface area contributed by atoms with Crippen LogP contribution in [-0.2, 0) is 12.8 Å². The lowest BCUT2D eigenvalue weighted by Crippen LogP contribution is -2.34. The highest BCUT2D eigenvalue weighted by Crippen LogP contribution is 2.37. The van der Waals surface area contributed by atoms with Gasteiger partial charge >= 0.3 is 0 Å².